The molecule has 1 saturated heterocycles. The Kier molecular flexibility index (Phi) is 6.10. The van der Waals surface area contributed by atoms with Gasteiger partial charge in [-0.1, -0.05) is 47.5 Å². The molecule has 26 heavy (non-hydrogen) atoms. The van der Waals surface area contributed by atoms with Gasteiger partial charge in [0.15, 0.2) is 0 Å². The van der Waals surface area contributed by atoms with E-state index in [1.54, 1.807) is 25.3 Å². The summed E-state index contributed by atoms with van der Waals surface area (Å²) < 4.78 is 5.40. The van der Waals surface area contributed by atoms with Crippen molar-refractivity contribution in [3.63, 3.8) is 0 Å². The molecule has 3 rings (SSSR count). The summed E-state index contributed by atoms with van der Waals surface area (Å²) in [5, 5.41) is 22.5. The number of ether oxygens (including phenoxy) is 1. The highest BCUT2D eigenvalue weighted by Crippen LogP contribution is 2.38. The molecular formula is C20H23Cl2NO3. The number of hydrogen-bond donors (Lipinski definition) is 2. The Labute approximate surface area is 163 Å². The summed E-state index contributed by atoms with van der Waals surface area (Å²) in [5.74, 6) is 0.708. The normalized spacial score (nSPS) is 18.5. The summed E-state index contributed by atoms with van der Waals surface area (Å²) in [6.07, 6.45) is 0.519. The molecule has 1 heterocycles. The summed E-state index contributed by atoms with van der Waals surface area (Å²) in [7, 11) is 1.62. The van der Waals surface area contributed by atoms with E-state index < -0.39 is 11.7 Å². The van der Waals surface area contributed by atoms with E-state index in [1.807, 2.05) is 24.3 Å². The van der Waals surface area contributed by atoms with Crippen molar-refractivity contribution < 1.29 is 14.9 Å². The number of piperidine rings is 1. The van der Waals surface area contributed by atoms with E-state index in [0.29, 0.717) is 48.3 Å². The predicted octanol–water partition coefficient (Wildman–Crippen LogP) is 4.02. The Bertz CT molecular complexity index is 760. The monoisotopic (exact) mass is 395 g/mol. The number of methoxy groups -OCH3 is 1. The fourth-order valence-corrected chi connectivity index (χ4v) is 3.78. The molecule has 0 saturated carbocycles. The zero-order valence-corrected chi connectivity index (χ0v) is 16.2. The minimum absolute atomic E-state index is 0.437. The van der Waals surface area contributed by atoms with E-state index >= 15 is 0 Å². The number of β-amino-alcohol motifs (C(OH)–C–C–N with tert-alkyl or cyclic N) is 1. The third-order valence-corrected chi connectivity index (χ3v) is 5.79. The number of aliphatic hydroxyl groups excluding tert-OH is 1. The first-order valence-corrected chi connectivity index (χ1v) is 9.40. The van der Waals surface area contributed by atoms with Gasteiger partial charge in [-0.15, -0.1) is 0 Å². The van der Waals surface area contributed by atoms with Crippen molar-refractivity contribution in [3.05, 3.63) is 63.6 Å². The number of halogens is 2. The number of benzene rings is 2. The predicted molar refractivity (Wildman–Crippen MR) is 104 cm³/mol. The standard InChI is InChI=1S/C20H23Cl2NO3/c1-26-19-5-3-2-4-15(19)20(25)8-10-23(11-9-20)13-18(24)14-6-7-16(21)17(22)12-14/h2-7,12,18,24-25H,8-11,13H2,1H3/t18-/m1/s1. The van der Waals surface area contributed by atoms with E-state index in [1.165, 1.54) is 0 Å². The fraction of sp³-hybridized carbons (Fsp3) is 0.400. The third-order valence-electron chi connectivity index (χ3n) is 5.05. The van der Waals surface area contributed by atoms with Crippen LogP contribution in [0.2, 0.25) is 10.0 Å². The van der Waals surface area contributed by atoms with Crippen LogP contribution < -0.4 is 4.74 Å². The van der Waals surface area contributed by atoms with Crippen LogP contribution in [-0.2, 0) is 5.60 Å². The van der Waals surface area contributed by atoms with Crippen molar-refractivity contribution in [3.8, 4) is 5.75 Å². The third kappa shape index (κ3) is 4.16. The van der Waals surface area contributed by atoms with Crippen LogP contribution in [0.5, 0.6) is 5.75 Å². The summed E-state index contributed by atoms with van der Waals surface area (Å²) in [4.78, 5) is 2.15. The van der Waals surface area contributed by atoms with Crippen molar-refractivity contribution in [1.29, 1.82) is 0 Å². The Balaban J connectivity index is 1.63. The Morgan fingerprint density at radius 2 is 1.81 bits per heavy atom. The minimum Gasteiger partial charge on any atom is -0.496 e. The topological polar surface area (TPSA) is 52.9 Å². The van der Waals surface area contributed by atoms with E-state index in [2.05, 4.69) is 4.90 Å². The molecule has 6 heteroatoms. The number of para-hydroxylation sites is 1. The van der Waals surface area contributed by atoms with Crippen LogP contribution in [0.3, 0.4) is 0 Å². The molecule has 0 aromatic heterocycles. The maximum absolute atomic E-state index is 11.1. The van der Waals surface area contributed by atoms with Crippen molar-refractivity contribution >= 4 is 23.2 Å². The van der Waals surface area contributed by atoms with Crippen molar-refractivity contribution in [2.24, 2.45) is 0 Å². The van der Waals surface area contributed by atoms with Gasteiger partial charge in [0.25, 0.3) is 0 Å². The highest BCUT2D eigenvalue weighted by molar-refractivity contribution is 6.42. The largest absolute Gasteiger partial charge is 0.496 e. The van der Waals surface area contributed by atoms with Crippen LogP contribution in [0.15, 0.2) is 42.5 Å². The maximum atomic E-state index is 11.1. The number of hydrogen-bond acceptors (Lipinski definition) is 4. The van der Waals surface area contributed by atoms with E-state index in [-0.39, 0.29) is 0 Å². The molecule has 2 aromatic carbocycles. The lowest BCUT2D eigenvalue weighted by atomic mass is 9.83. The van der Waals surface area contributed by atoms with Gasteiger partial charge in [0, 0.05) is 25.2 Å². The van der Waals surface area contributed by atoms with E-state index in [0.717, 1.165) is 11.1 Å². The molecule has 1 fully saturated rings. The molecule has 0 radical (unpaired) electrons. The Morgan fingerprint density at radius 3 is 2.46 bits per heavy atom. The first kappa shape index (κ1) is 19.5. The quantitative estimate of drug-likeness (QED) is 0.802. The molecule has 0 aliphatic carbocycles. The van der Waals surface area contributed by atoms with Gasteiger partial charge in [0.2, 0.25) is 0 Å². The van der Waals surface area contributed by atoms with E-state index in [9.17, 15) is 10.2 Å². The molecule has 140 valence electrons. The number of aliphatic hydroxyl groups is 2. The number of rotatable bonds is 5. The van der Waals surface area contributed by atoms with Crippen LogP contribution in [0, 0.1) is 0 Å². The average molecular weight is 396 g/mol. The Morgan fingerprint density at radius 1 is 1.12 bits per heavy atom. The van der Waals surface area contributed by atoms with Crippen LogP contribution in [0.4, 0.5) is 0 Å². The average Bonchev–Trinajstić information content (AvgIpc) is 2.66. The molecule has 1 aliphatic heterocycles. The maximum Gasteiger partial charge on any atom is 0.124 e. The molecule has 1 atom stereocenters. The molecule has 0 unspecified atom stereocenters. The van der Waals surface area contributed by atoms with Crippen molar-refractivity contribution in [1.82, 2.24) is 4.90 Å². The fourth-order valence-electron chi connectivity index (χ4n) is 3.47. The second-order valence-corrected chi connectivity index (χ2v) is 7.54. The van der Waals surface area contributed by atoms with Crippen molar-refractivity contribution in [2.45, 2.75) is 24.5 Å². The first-order chi connectivity index (χ1) is 12.4. The van der Waals surface area contributed by atoms with Crippen LogP contribution in [-0.4, -0.2) is 41.9 Å². The highest BCUT2D eigenvalue weighted by Gasteiger charge is 2.36. The van der Waals surface area contributed by atoms with Crippen LogP contribution >= 0.6 is 23.2 Å². The minimum atomic E-state index is -0.905. The molecule has 1 aliphatic rings. The van der Waals surface area contributed by atoms with Gasteiger partial charge in [0.1, 0.15) is 5.75 Å². The van der Waals surface area contributed by atoms with Gasteiger partial charge in [-0.3, -0.25) is 0 Å². The molecule has 0 amide bonds. The van der Waals surface area contributed by atoms with Crippen LogP contribution in [0.1, 0.15) is 30.1 Å². The van der Waals surface area contributed by atoms with Gasteiger partial charge >= 0.3 is 0 Å². The zero-order chi connectivity index (χ0) is 18.7. The lowest BCUT2D eigenvalue weighted by Gasteiger charge is -2.39. The Hall–Kier alpha value is -1.30. The van der Waals surface area contributed by atoms with Gasteiger partial charge in [-0.05, 0) is 36.6 Å². The summed E-state index contributed by atoms with van der Waals surface area (Å²) in [6.45, 7) is 1.86. The van der Waals surface area contributed by atoms with Crippen LogP contribution in [0.25, 0.3) is 0 Å². The smallest absolute Gasteiger partial charge is 0.124 e. The first-order valence-electron chi connectivity index (χ1n) is 8.64. The molecule has 0 spiro atoms. The van der Waals surface area contributed by atoms with Crippen molar-refractivity contribution in [2.75, 3.05) is 26.7 Å². The SMILES string of the molecule is COc1ccccc1C1(O)CCN(C[C@@H](O)c2ccc(Cl)c(Cl)c2)CC1. The van der Waals surface area contributed by atoms with Gasteiger partial charge < -0.3 is 19.8 Å². The highest BCUT2D eigenvalue weighted by atomic mass is 35.5. The molecule has 0 bridgehead atoms. The summed E-state index contributed by atoms with van der Waals surface area (Å²) in [5.41, 5.74) is 0.662. The lowest BCUT2D eigenvalue weighted by molar-refractivity contribution is -0.0358. The summed E-state index contributed by atoms with van der Waals surface area (Å²) in [6, 6.07) is 12.8. The number of likely N-dealkylation sites (tertiary alicyclic amines) is 1. The number of nitrogens with zero attached hydrogens (tertiary/aromatic N) is 1. The van der Waals surface area contributed by atoms with Gasteiger partial charge in [-0.2, -0.15) is 0 Å². The zero-order valence-electron chi connectivity index (χ0n) is 14.7. The molecule has 2 aromatic rings. The van der Waals surface area contributed by atoms with Gasteiger partial charge in [-0.25, -0.2) is 0 Å². The summed E-state index contributed by atoms with van der Waals surface area (Å²) >= 11 is 12.0. The molecule has 2 N–H and O–H groups in total. The molecule has 4 nitrogen and oxygen atoms in total. The van der Waals surface area contributed by atoms with Gasteiger partial charge in [0.05, 0.1) is 28.9 Å². The lowest BCUT2D eigenvalue weighted by Crippen LogP contribution is -2.44. The van der Waals surface area contributed by atoms with E-state index in [4.69, 9.17) is 27.9 Å². The second-order valence-electron chi connectivity index (χ2n) is 6.72. The molecular weight excluding hydrogens is 373 g/mol. The second kappa shape index (κ2) is 8.15.